The molecule has 0 saturated carbocycles. The number of benzene rings is 2. The molecule has 170 valence electrons. The van der Waals surface area contributed by atoms with Crippen molar-refractivity contribution in [3.63, 3.8) is 0 Å². The minimum absolute atomic E-state index is 0.207. The first-order valence-electron chi connectivity index (χ1n) is 10.4. The molecule has 0 unspecified atom stereocenters. The summed E-state index contributed by atoms with van der Waals surface area (Å²) in [7, 11) is 3.34. The number of carboxylic acids is 1. The summed E-state index contributed by atoms with van der Waals surface area (Å²) >= 11 is 6.49. The van der Waals surface area contributed by atoms with Gasteiger partial charge in [-0.25, -0.2) is 14.8 Å². The summed E-state index contributed by atoms with van der Waals surface area (Å²) in [5, 5.41) is 17.2. The maximum Gasteiger partial charge on any atom is 0.337 e. The van der Waals surface area contributed by atoms with Gasteiger partial charge >= 0.3 is 5.97 Å². The van der Waals surface area contributed by atoms with Crippen LogP contribution >= 0.6 is 11.6 Å². The van der Waals surface area contributed by atoms with Gasteiger partial charge in [-0.3, -0.25) is 0 Å². The molecule has 0 amide bonds. The number of methoxy groups -OCH3 is 1. The Hall–Kier alpha value is -3.78. The Morgan fingerprint density at radius 1 is 1.18 bits per heavy atom. The number of rotatable bonds is 8. The molecule has 0 saturated heterocycles. The lowest BCUT2D eigenvalue weighted by Crippen LogP contribution is -2.12. The van der Waals surface area contributed by atoms with Crippen molar-refractivity contribution in [1.82, 2.24) is 14.5 Å². The molecule has 0 spiro atoms. The van der Waals surface area contributed by atoms with Crippen LogP contribution < -0.4 is 15.4 Å². The molecule has 9 heteroatoms. The van der Waals surface area contributed by atoms with Crippen molar-refractivity contribution in [2.75, 3.05) is 31.3 Å². The van der Waals surface area contributed by atoms with Crippen molar-refractivity contribution in [2.24, 2.45) is 0 Å². The number of aromatic carboxylic acids is 1. The number of nitrogens with zero attached hydrogens (tertiary/aromatic N) is 3. The number of carboxylic acid groups (broad SMARTS) is 1. The lowest BCUT2D eigenvalue weighted by atomic mass is 10.1. The molecule has 0 aliphatic heterocycles. The highest BCUT2D eigenvalue weighted by atomic mass is 35.5. The Morgan fingerprint density at radius 2 is 2.00 bits per heavy atom. The van der Waals surface area contributed by atoms with E-state index in [1.54, 1.807) is 32.4 Å². The molecular weight excluding hydrogens is 442 g/mol. The number of aromatic nitrogens is 3. The third-order valence-electron chi connectivity index (χ3n) is 5.52. The number of nitrogens with one attached hydrogen (secondary N) is 2. The third-order valence-corrected chi connectivity index (χ3v) is 5.83. The van der Waals surface area contributed by atoms with Crippen molar-refractivity contribution in [3.8, 4) is 17.0 Å². The van der Waals surface area contributed by atoms with Crippen LogP contribution in [0.15, 0.2) is 48.8 Å². The smallest absolute Gasteiger partial charge is 0.337 e. The SMILES string of the molecule is CNc1cc(-c2cc(NCCn3c(C)cc4c(OC)ccc(Cl)c43)ncn2)ccc1C(=O)O. The summed E-state index contributed by atoms with van der Waals surface area (Å²) in [6, 6.07) is 12.7. The predicted molar refractivity (Wildman–Crippen MR) is 131 cm³/mol. The monoisotopic (exact) mass is 465 g/mol. The topological polar surface area (TPSA) is 101 Å². The van der Waals surface area contributed by atoms with Crippen molar-refractivity contribution in [2.45, 2.75) is 13.5 Å². The van der Waals surface area contributed by atoms with Crippen LogP contribution in [0.4, 0.5) is 11.5 Å². The molecular formula is C24H24ClN5O3. The van der Waals surface area contributed by atoms with Crippen molar-refractivity contribution < 1.29 is 14.6 Å². The van der Waals surface area contributed by atoms with Gasteiger partial charge in [0.05, 0.1) is 28.9 Å². The lowest BCUT2D eigenvalue weighted by molar-refractivity contribution is 0.0698. The number of fused-ring (bicyclic) bond motifs is 1. The summed E-state index contributed by atoms with van der Waals surface area (Å²) in [6.07, 6.45) is 1.49. The van der Waals surface area contributed by atoms with Crippen LogP contribution in [0.3, 0.4) is 0 Å². The summed E-state index contributed by atoms with van der Waals surface area (Å²) in [4.78, 5) is 20.0. The largest absolute Gasteiger partial charge is 0.496 e. The fraction of sp³-hybridized carbons (Fsp3) is 0.208. The van der Waals surface area contributed by atoms with Crippen molar-refractivity contribution >= 4 is 40.0 Å². The van der Waals surface area contributed by atoms with Crippen LogP contribution in [0, 0.1) is 6.92 Å². The molecule has 8 nitrogen and oxygen atoms in total. The molecule has 33 heavy (non-hydrogen) atoms. The van der Waals surface area contributed by atoms with Crippen LogP contribution in [0.25, 0.3) is 22.2 Å². The van der Waals surface area contributed by atoms with Crippen molar-refractivity contribution in [1.29, 1.82) is 0 Å². The first kappa shape index (κ1) is 22.4. The number of hydrogen-bond donors (Lipinski definition) is 3. The number of ether oxygens (including phenoxy) is 1. The molecule has 0 fully saturated rings. The molecule has 4 aromatic rings. The van der Waals surface area contributed by atoms with E-state index in [0.29, 0.717) is 35.3 Å². The second-order valence-electron chi connectivity index (χ2n) is 7.48. The normalized spacial score (nSPS) is 10.9. The first-order valence-corrected chi connectivity index (χ1v) is 10.7. The molecule has 0 aliphatic carbocycles. The maximum absolute atomic E-state index is 11.4. The Labute approximate surface area is 196 Å². The minimum atomic E-state index is -0.985. The quantitative estimate of drug-likeness (QED) is 0.339. The Kier molecular flexibility index (Phi) is 6.37. The number of halogens is 1. The second-order valence-corrected chi connectivity index (χ2v) is 7.89. The molecule has 4 rings (SSSR count). The highest BCUT2D eigenvalue weighted by Crippen LogP contribution is 2.34. The maximum atomic E-state index is 11.4. The summed E-state index contributed by atoms with van der Waals surface area (Å²) in [5.74, 6) is 0.479. The van der Waals surface area contributed by atoms with Gasteiger partial charge < -0.3 is 25.0 Å². The zero-order valence-electron chi connectivity index (χ0n) is 18.5. The van der Waals surface area contributed by atoms with Crippen LogP contribution in [0.5, 0.6) is 5.75 Å². The zero-order chi connectivity index (χ0) is 23.5. The van der Waals surface area contributed by atoms with E-state index in [-0.39, 0.29) is 5.56 Å². The van der Waals surface area contributed by atoms with Gasteiger partial charge in [-0.05, 0) is 37.3 Å². The van der Waals surface area contributed by atoms with E-state index in [1.165, 1.54) is 6.33 Å². The molecule has 3 N–H and O–H groups in total. The Bertz CT molecular complexity index is 1340. The van der Waals surface area contributed by atoms with Gasteiger partial charge in [-0.1, -0.05) is 17.7 Å². The number of hydrogen-bond acceptors (Lipinski definition) is 6. The molecule has 0 bridgehead atoms. The molecule has 0 radical (unpaired) electrons. The average molecular weight is 466 g/mol. The summed E-state index contributed by atoms with van der Waals surface area (Å²) in [5.41, 5.74) is 4.24. The third kappa shape index (κ3) is 4.42. The number of aryl methyl sites for hydroxylation is 1. The molecule has 0 aliphatic rings. The van der Waals surface area contributed by atoms with Gasteiger partial charge in [0.2, 0.25) is 0 Å². The zero-order valence-corrected chi connectivity index (χ0v) is 19.3. The average Bonchev–Trinajstić information content (AvgIpc) is 3.16. The first-order chi connectivity index (χ1) is 15.9. The summed E-state index contributed by atoms with van der Waals surface area (Å²) < 4.78 is 7.63. The van der Waals surface area contributed by atoms with Gasteiger partial charge in [-0.2, -0.15) is 0 Å². The van der Waals surface area contributed by atoms with Crippen LogP contribution in [-0.4, -0.2) is 46.3 Å². The molecule has 0 atom stereocenters. The highest BCUT2D eigenvalue weighted by molar-refractivity contribution is 6.35. The fourth-order valence-corrected chi connectivity index (χ4v) is 4.18. The number of anilines is 2. The number of carbonyl (C=O) groups is 1. The van der Waals surface area contributed by atoms with E-state index in [1.807, 2.05) is 25.1 Å². The van der Waals surface area contributed by atoms with Gasteiger partial charge in [-0.15, -0.1) is 0 Å². The minimum Gasteiger partial charge on any atom is -0.496 e. The standard InChI is InChI=1S/C24H24ClN5O3/c1-14-10-17-21(33-3)7-6-18(25)23(17)30(14)9-8-27-22-12-19(28-13-29-22)15-4-5-16(24(31)32)20(11-15)26-2/h4-7,10-13,26H,8-9H2,1-3H3,(H,31,32)(H,27,28,29). The van der Waals surface area contributed by atoms with Crippen LogP contribution in [-0.2, 0) is 6.54 Å². The van der Waals surface area contributed by atoms with Gasteiger partial charge in [0.25, 0.3) is 0 Å². The van der Waals surface area contributed by atoms with E-state index in [2.05, 4.69) is 31.2 Å². The molecule has 2 heterocycles. The fourth-order valence-electron chi connectivity index (χ4n) is 3.91. The van der Waals surface area contributed by atoms with E-state index in [4.69, 9.17) is 16.3 Å². The predicted octanol–water partition coefficient (Wildman–Crippen LogP) is 4.92. The Balaban J connectivity index is 1.53. The van der Waals surface area contributed by atoms with E-state index in [0.717, 1.165) is 27.9 Å². The molecule has 2 aromatic heterocycles. The van der Waals surface area contributed by atoms with Crippen LogP contribution in [0.1, 0.15) is 16.1 Å². The van der Waals surface area contributed by atoms with E-state index < -0.39 is 5.97 Å². The van der Waals surface area contributed by atoms with Crippen molar-refractivity contribution in [3.05, 3.63) is 65.1 Å². The van der Waals surface area contributed by atoms with Gasteiger partial charge in [0, 0.05) is 48.5 Å². The summed E-state index contributed by atoms with van der Waals surface area (Å²) in [6.45, 7) is 3.34. The van der Waals surface area contributed by atoms with Gasteiger partial charge in [0.15, 0.2) is 0 Å². The Morgan fingerprint density at radius 3 is 2.73 bits per heavy atom. The van der Waals surface area contributed by atoms with Crippen LogP contribution in [0.2, 0.25) is 5.02 Å². The second kappa shape index (κ2) is 9.38. The lowest BCUT2D eigenvalue weighted by Gasteiger charge is -2.12. The van der Waals surface area contributed by atoms with E-state index in [9.17, 15) is 9.90 Å². The van der Waals surface area contributed by atoms with Gasteiger partial charge in [0.1, 0.15) is 17.9 Å². The molecule has 2 aromatic carbocycles. The highest BCUT2D eigenvalue weighted by Gasteiger charge is 2.14. The van der Waals surface area contributed by atoms with E-state index >= 15 is 0 Å².